The lowest BCUT2D eigenvalue weighted by Crippen LogP contribution is -2.51. The number of halogens is 1. The van der Waals surface area contributed by atoms with Crippen molar-refractivity contribution >= 4 is 15.9 Å². The zero-order valence-corrected chi connectivity index (χ0v) is 14.0. The molecular weight excluding hydrogens is 314 g/mol. The maximum Gasteiger partial charge on any atom is 0.0738 e. The molecular formula is C16H24BrN3. The minimum atomic E-state index is 0.0128. The average molecular weight is 338 g/mol. The standard InChI is InChI=1S/C16H24BrN3/c1-9-15(17)14(20(2)19-9)8-16(18)7-10-6-13(16)12-5-3-4-11(10)12/h10-13H,3-8,18H2,1-2H3. The Hall–Kier alpha value is -0.350. The molecule has 4 heteroatoms. The monoisotopic (exact) mass is 337 g/mol. The summed E-state index contributed by atoms with van der Waals surface area (Å²) in [7, 11) is 2.04. The number of aryl methyl sites for hydroxylation is 2. The topological polar surface area (TPSA) is 43.8 Å². The van der Waals surface area contributed by atoms with Crippen LogP contribution in [0.25, 0.3) is 0 Å². The fourth-order valence-electron chi connectivity index (χ4n) is 5.70. The molecule has 110 valence electrons. The predicted molar refractivity (Wildman–Crippen MR) is 83.3 cm³/mol. The Balaban J connectivity index is 1.63. The Morgan fingerprint density at radius 2 is 2.15 bits per heavy atom. The van der Waals surface area contributed by atoms with Crippen LogP contribution in [0.15, 0.2) is 4.47 Å². The van der Waals surface area contributed by atoms with Gasteiger partial charge in [-0.3, -0.25) is 4.68 Å². The van der Waals surface area contributed by atoms with E-state index in [4.69, 9.17) is 5.73 Å². The van der Waals surface area contributed by atoms with Gasteiger partial charge in [0.2, 0.25) is 0 Å². The molecule has 4 rings (SSSR count). The maximum absolute atomic E-state index is 6.92. The highest BCUT2D eigenvalue weighted by Crippen LogP contribution is 2.62. The molecule has 0 amide bonds. The highest BCUT2D eigenvalue weighted by Gasteiger charge is 2.59. The second kappa shape index (κ2) is 4.33. The van der Waals surface area contributed by atoms with Crippen LogP contribution in [0, 0.1) is 30.6 Å². The van der Waals surface area contributed by atoms with Crippen LogP contribution in [-0.4, -0.2) is 15.3 Å². The normalized spacial score (nSPS) is 42.4. The van der Waals surface area contributed by atoms with Gasteiger partial charge >= 0.3 is 0 Å². The summed E-state index contributed by atoms with van der Waals surface area (Å²) in [6.07, 6.45) is 7.94. The van der Waals surface area contributed by atoms with Gasteiger partial charge in [0.25, 0.3) is 0 Å². The molecule has 3 aliphatic carbocycles. The first-order valence-corrected chi connectivity index (χ1v) is 8.76. The van der Waals surface area contributed by atoms with Gasteiger partial charge in [-0.1, -0.05) is 6.42 Å². The lowest BCUT2D eigenvalue weighted by molar-refractivity contribution is 0.154. The second-order valence-electron chi connectivity index (χ2n) is 7.44. The summed E-state index contributed by atoms with van der Waals surface area (Å²) in [6.45, 7) is 2.06. The van der Waals surface area contributed by atoms with E-state index in [1.54, 1.807) is 0 Å². The van der Waals surface area contributed by atoms with Crippen LogP contribution < -0.4 is 5.73 Å². The Morgan fingerprint density at radius 1 is 1.40 bits per heavy atom. The van der Waals surface area contributed by atoms with Crippen molar-refractivity contribution in [1.82, 2.24) is 9.78 Å². The van der Waals surface area contributed by atoms with E-state index in [1.807, 2.05) is 11.7 Å². The van der Waals surface area contributed by atoms with E-state index in [-0.39, 0.29) is 5.54 Å². The zero-order valence-electron chi connectivity index (χ0n) is 12.4. The van der Waals surface area contributed by atoms with Crippen LogP contribution in [-0.2, 0) is 13.5 Å². The van der Waals surface area contributed by atoms with Gasteiger partial charge in [0.15, 0.2) is 0 Å². The summed E-state index contributed by atoms with van der Waals surface area (Å²) < 4.78 is 3.18. The summed E-state index contributed by atoms with van der Waals surface area (Å²) in [5.74, 6) is 3.59. The van der Waals surface area contributed by atoms with Gasteiger partial charge in [0.1, 0.15) is 0 Å². The fraction of sp³-hybridized carbons (Fsp3) is 0.812. The number of hydrogen-bond acceptors (Lipinski definition) is 2. The van der Waals surface area contributed by atoms with Crippen LogP contribution in [0.3, 0.4) is 0 Å². The molecule has 0 radical (unpaired) electrons. The van der Waals surface area contributed by atoms with E-state index in [1.165, 1.54) is 37.8 Å². The Morgan fingerprint density at radius 3 is 2.85 bits per heavy atom. The number of fused-ring (bicyclic) bond motifs is 5. The molecule has 0 spiro atoms. The van der Waals surface area contributed by atoms with Crippen molar-refractivity contribution in [2.75, 3.05) is 0 Å². The van der Waals surface area contributed by atoms with Crippen molar-refractivity contribution in [3.05, 3.63) is 15.9 Å². The van der Waals surface area contributed by atoms with E-state index >= 15 is 0 Å². The largest absolute Gasteiger partial charge is 0.324 e. The number of nitrogens with zero attached hydrogens (tertiary/aromatic N) is 2. The van der Waals surface area contributed by atoms with Crippen LogP contribution in [0.5, 0.6) is 0 Å². The second-order valence-corrected chi connectivity index (χ2v) is 8.24. The Labute approximate surface area is 129 Å². The van der Waals surface area contributed by atoms with Gasteiger partial charge in [-0.25, -0.2) is 0 Å². The van der Waals surface area contributed by atoms with E-state index in [0.29, 0.717) is 0 Å². The van der Waals surface area contributed by atoms with Crippen LogP contribution in [0.1, 0.15) is 43.5 Å². The molecule has 3 fully saturated rings. The minimum absolute atomic E-state index is 0.0128. The highest BCUT2D eigenvalue weighted by molar-refractivity contribution is 9.10. The average Bonchev–Trinajstić information content (AvgIpc) is 3.08. The van der Waals surface area contributed by atoms with Gasteiger partial charge in [0, 0.05) is 19.0 Å². The Kier molecular flexibility index (Phi) is 2.88. The van der Waals surface area contributed by atoms with Crippen molar-refractivity contribution in [2.45, 2.75) is 51.0 Å². The molecule has 5 atom stereocenters. The minimum Gasteiger partial charge on any atom is -0.324 e. The van der Waals surface area contributed by atoms with Crippen LogP contribution in [0.4, 0.5) is 0 Å². The number of aromatic nitrogens is 2. The summed E-state index contributed by atoms with van der Waals surface area (Å²) in [6, 6.07) is 0. The number of rotatable bonds is 2. The van der Waals surface area contributed by atoms with Gasteiger partial charge < -0.3 is 5.73 Å². The van der Waals surface area contributed by atoms with E-state index < -0.39 is 0 Å². The first kappa shape index (κ1) is 13.3. The summed E-state index contributed by atoms with van der Waals surface area (Å²) >= 11 is 3.70. The molecule has 1 heterocycles. The predicted octanol–water partition coefficient (Wildman–Crippen LogP) is 3.19. The summed E-state index contributed by atoms with van der Waals surface area (Å²) in [5.41, 5.74) is 9.29. The first-order valence-electron chi connectivity index (χ1n) is 7.96. The molecule has 5 unspecified atom stereocenters. The smallest absolute Gasteiger partial charge is 0.0738 e. The summed E-state index contributed by atoms with van der Waals surface area (Å²) in [5, 5.41) is 4.53. The fourth-order valence-corrected chi connectivity index (χ4v) is 6.18. The highest BCUT2D eigenvalue weighted by atomic mass is 79.9. The molecule has 0 aliphatic heterocycles. The number of hydrogen-bond donors (Lipinski definition) is 1. The van der Waals surface area contributed by atoms with Crippen molar-refractivity contribution in [2.24, 2.45) is 36.5 Å². The third kappa shape index (κ3) is 1.70. The van der Waals surface area contributed by atoms with E-state index in [2.05, 4.69) is 28.0 Å². The van der Waals surface area contributed by atoms with E-state index in [0.717, 1.165) is 40.3 Å². The van der Waals surface area contributed by atoms with Crippen LogP contribution >= 0.6 is 15.9 Å². The molecule has 2 N–H and O–H groups in total. The molecule has 20 heavy (non-hydrogen) atoms. The van der Waals surface area contributed by atoms with Gasteiger partial charge in [0.05, 0.1) is 15.9 Å². The van der Waals surface area contributed by atoms with Gasteiger partial charge in [-0.15, -0.1) is 0 Å². The van der Waals surface area contributed by atoms with Crippen LogP contribution in [0.2, 0.25) is 0 Å². The lowest BCUT2D eigenvalue weighted by atomic mass is 9.69. The van der Waals surface area contributed by atoms with Crippen molar-refractivity contribution in [3.8, 4) is 0 Å². The summed E-state index contributed by atoms with van der Waals surface area (Å²) in [4.78, 5) is 0. The zero-order chi connectivity index (χ0) is 14.1. The number of nitrogens with two attached hydrogens (primary N) is 1. The van der Waals surface area contributed by atoms with Gasteiger partial charge in [-0.2, -0.15) is 5.10 Å². The lowest BCUT2D eigenvalue weighted by Gasteiger charge is -2.40. The first-order chi connectivity index (χ1) is 9.49. The third-order valence-corrected chi connectivity index (χ3v) is 7.47. The Bertz CT molecular complexity index is 552. The van der Waals surface area contributed by atoms with Crippen molar-refractivity contribution in [3.63, 3.8) is 0 Å². The maximum atomic E-state index is 6.92. The molecule has 0 saturated heterocycles. The van der Waals surface area contributed by atoms with E-state index in [9.17, 15) is 0 Å². The molecule has 3 saturated carbocycles. The quantitative estimate of drug-likeness (QED) is 0.900. The van der Waals surface area contributed by atoms with Crippen molar-refractivity contribution in [1.29, 1.82) is 0 Å². The molecule has 3 aliphatic rings. The molecule has 1 aromatic heterocycles. The third-order valence-electron chi connectivity index (χ3n) is 6.44. The van der Waals surface area contributed by atoms with Gasteiger partial charge in [-0.05, 0) is 72.2 Å². The molecule has 2 bridgehead atoms. The SMILES string of the molecule is Cc1nn(C)c(CC2(N)CC3CC2C2CCCC32)c1Br. The molecule has 3 nitrogen and oxygen atoms in total. The molecule has 0 aromatic carbocycles. The molecule has 1 aromatic rings. The van der Waals surface area contributed by atoms with Crippen molar-refractivity contribution < 1.29 is 0 Å².